The van der Waals surface area contributed by atoms with E-state index >= 15 is 0 Å². The second kappa shape index (κ2) is 4.29. The van der Waals surface area contributed by atoms with Gasteiger partial charge in [0, 0.05) is 10.4 Å². The number of halogens is 1. The maximum atomic E-state index is 10.6. The van der Waals surface area contributed by atoms with Crippen molar-refractivity contribution < 1.29 is 9.53 Å². The standard InChI is InChI=1S/C8H5BrO2S/c1-11-8(10)3-2-7-6(9)4-5-12-7/h4-5H,1H3. The molecule has 0 bridgehead atoms. The van der Waals surface area contributed by atoms with E-state index in [1.54, 1.807) is 0 Å². The lowest BCUT2D eigenvalue weighted by atomic mass is 10.4. The summed E-state index contributed by atoms with van der Waals surface area (Å²) < 4.78 is 5.27. The molecule has 0 spiro atoms. The van der Waals surface area contributed by atoms with E-state index in [9.17, 15) is 4.79 Å². The molecule has 0 atom stereocenters. The Labute approximate surface area is 82.7 Å². The highest BCUT2D eigenvalue weighted by Gasteiger charge is 1.96. The van der Waals surface area contributed by atoms with E-state index in [1.165, 1.54) is 18.4 Å². The average molecular weight is 245 g/mol. The highest BCUT2D eigenvalue weighted by atomic mass is 79.9. The summed E-state index contributed by atoms with van der Waals surface area (Å²) in [6, 6.07) is 1.88. The summed E-state index contributed by atoms with van der Waals surface area (Å²) in [5.41, 5.74) is 0. The molecule has 1 aromatic rings. The van der Waals surface area contributed by atoms with Crippen molar-refractivity contribution in [1.29, 1.82) is 0 Å². The van der Waals surface area contributed by atoms with Crippen molar-refractivity contribution in [3.63, 3.8) is 0 Å². The number of methoxy groups -OCH3 is 1. The topological polar surface area (TPSA) is 26.3 Å². The number of thiophene rings is 1. The van der Waals surface area contributed by atoms with Crippen LogP contribution < -0.4 is 0 Å². The molecule has 0 aliphatic carbocycles. The van der Waals surface area contributed by atoms with Gasteiger partial charge in [0.2, 0.25) is 0 Å². The fraction of sp³-hybridized carbons (Fsp3) is 0.125. The van der Waals surface area contributed by atoms with Crippen LogP contribution in [0.4, 0.5) is 0 Å². The zero-order valence-corrected chi connectivity index (χ0v) is 8.66. The van der Waals surface area contributed by atoms with Gasteiger partial charge in [0.25, 0.3) is 0 Å². The van der Waals surface area contributed by atoms with Crippen molar-refractivity contribution in [1.82, 2.24) is 0 Å². The Bertz CT molecular complexity index is 345. The molecule has 2 nitrogen and oxygen atoms in total. The molecule has 0 radical (unpaired) electrons. The highest BCUT2D eigenvalue weighted by molar-refractivity contribution is 9.10. The molecule has 12 heavy (non-hydrogen) atoms. The summed E-state index contributed by atoms with van der Waals surface area (Å²) in [5.74, 6) is 4.52. The van der Waals surface area contributed by atoms with Crippen LogP contribution >= 0.6 is 27.3 Å². The van der Waals surface area contributed by atoms with Gasteiger partial charge in [-0.1, -0.05) is 0 Å². The molecule has 1 rings (SSSR count). The molecule has 0 N–H and O–H groups in total. The largest absolute Gasteiger partial charge is 0.459 e. The average Bonchev–Trinajstić information content (AvgIpc) is 2.47. The third kappa shape index (κ3) is 2.36. The first-order valence-electron chi connectivity index (χ1n) is 3.07. The Morgan fingerprint density at radius 2 is 2.50 bits per heavy atom. The van der Waals surface area contributed by atoms with Gasteiger partial charge in [0.05, 0.1) is 12.0 Å². The number of rotatable bonds is 0. The zero-order valence-electron chi connectivity index (χ0n) is 6.26. The van der Waals surface area contributed by atoms with E-state index in [0.717, 1.165) is 9.35 Å². The quantitative estimate of drug-likeness (QED) is 0.516. The van der Waals surface area contributed by atoms with Crippen molar-refractivity contribution in [2.45, 2.75) is 0 Å². The van der Waals surface area contributed by atoms with Crippen LogP contribution in [0.2, 0.25) is 0 Å². The molecule has 4 heteroatoms. The van der Waals surface area contributed by atoms with Gasteiger partial charge in [0.15, 0.2) is 0 Å². The minimum absolute atomic E-state index is 0.518. The van der Waals surface area contributed by atoms with E-state index < -0.39 is 5.97 Å². The van der Waals surface area contributed by atoms with Gasteiger partial charge in [0.1, 0.15) is 0 Å². The molecule has 62 valence electrons. The van der Waals surface area contributed by atoms with Crippen molar-refractivity contribution >= 4 is 33.2 Å². The summed E-state index contributed by atoms with van der Waals surface area (Å²) in [7, 11) is 1.31. The SMILES string of the molecule is COC(=O)C#Cc1sccc1Br. The number of hydrogen-bond acceptors (Lipinski definition) is 3. The Morgan fingerprint density at radius 1 is 1.75 bits per heavy atom. The minimum atomic E-state index is -0.518. The molecule has 0 aliphatic rings. The maximum absolute atomic E-state index is 10.6. The minimum Gasteiger partial charge on any atom is -0.459 e. The smallest absolute Gasteiger partial charge is 0.384 e. The number of esters is 1. The fourth-order valence-electron chi connectivity index (χ4n) is 0.542. The van der Waals surface area contributed by atoms with Gasteiger partial charge in [-0.2, -0.15) is 0 Å². The summed E-state index contributed by atoms with van der Waals surface area (Å²) in [5, 5.41) is 1.89. The van der Waals surface area contributed by atoms with E-state index in [1.807, 2.05) is 11.4 Å². The fourth-order valence-corrected chi connectivity index (χ4v) is 1.86. The molecule has 0 saturated heterocycles. The molecule has 0 fully saturated rings. The predicted octanol–water partition coefficient (Wildman–Crippen LogP) is 2.04. The molecular weight excluding hydrogens is 240 g/mol. The highest BCUT2D eigenvalue weighted by Crippen LogP contribution is 2.20. The van der Waals surface area contributed by atoms with E-state index in [2.05, 4.69) is 32.5 Å². The molecule has 1 aromatic heterocycles. The number of carbonyl (C=O) groups excluding carboxylic acids is 1. The molecule has 1 heterocycles. The Kier molecular flexibility index (Phi) is 3.32. The second-order valence-corrected chi connectivity index (χ2v) is 3.61. The predicted molar refractivity (Wildman–Crippen MR) is 50.9 cm³/mol. The third-order valence-corrected chi connectivity index (χ3v) is 2.83. The van der Waals surface area contributed by atoms with E-state index in [-0.39, 0.29) is 0 Å². The Morgan fingerprint density at radius 3 is 3.00 bits per heavy atom. The second-order valence-electron chi connectivity index (χ2n) is 1.84. The monoisotopic (exact) mass is 244 g/mol. The van der Waals surface area contributed by atoms with Gasteiger partial charge < -0.3 is 4.74 Å². The Balaban J connectivity index is 2.79. The molecular formula is C8H5BrO2S. The number of ether oxygens (including phenoxy) is 1. The van der Waals surface area contributed by atoms with Crippen molar-refractivity contribution in [3.8, 4) is 11.8 Å². The summed E-state index contributed by atoms with van der Waals surface area (Å²) in [4.78, 5) is 11.4. The zero-order chi connectivity index (χ0) is 8.97. The van der Waals surface area contributed by atoms with Gasteiger partial charge >= 0.3 is 5.97 Å². The van der Waals surface area contributed by atoms with Gasteiger partial charge in [-0.3, -0.25) is 0 Å². The molecule has 0 aliphatic heterocycles. The van der Waals surface area contributed by atoms with Crippen LogP contribution in [-0.4, -0.2) is 13.1 Å². The van der Waals surface area contributed by atoms with Gasteiger partial charge in [-0.15, -0.1) is 11.3 Å². The van der Waals surface area contributed by atoms with Gasteiger partial charge in [-0.25, -0.2) is 4.79 Å². The van der Waals surface area contributed by atoms with Crippen molar-refractivity contribution in [2.75, 3.05) is 7.11 Å². The molecule has 0 saturated carbocycles. The summed E-state index contributed by atoms with van der Waals surface area (Å²) in [6.45, 7) is 0. The van der Waals surface area contributed by atoms with Crippen LogP contribution in [0, 0.1) is 11.8 Å². The number of carbonyl (C=O) groups is 1. The van der Waals surface area contributed by atoms with Crippen LogP contribution in [-0.2, 0) is 9.53 Å². The lowest BCUT2D eigenvalue weighted by Crippen LogP contribution is -1.94. The van der Waals surface area contributed by atoms with Crippen molar-refractivity contribution in [3.05, 3.63) is 20.8 Å². The summed E-state index contributed by atoms with van der Waals surface area (Å²) >= 11 is 4.77. The Hall–Kier alpha value is -0.790. The van der Waals surface area contributed by atoms with Crippen LogP contribution in [0.25, 0.3) is 0 Å². The third-order valence-electron chi connectivity index (χ3n) is 1.08. The lowest BCUT2D eigenvalue weighted by molar-refractivity contribution is -0.133. The normalized spacial score (nSPS) is 8.50. The number of hydrogen-bond donors (Lipinski definition) is 0. The molecule has 0 amide bonds. The first-order valence-corrected chi connectivity index (χ1v) is 4.74. The van der Waals surface area contributed by atoms with Crippen LogP contribution in [0.1, 0.15) is 4.88 Å². The first kappa shape index (κ1) is 9.30. The van der Waals surface area contributed by atoms with E-state index in [0.29, 0.717) is 0 Å². The molecule has 0 unspecified atom stereocenters. The molecule has 0 aromatic carbocycles. The summed E-state index contributed by atoms with van der Waals surface area (Å²) in [6.07, 6.45) is 0. The maximum Gasteiger partial charge on any atom is 0.384 e. The van der Waals surface area contributed by atoms with E-state index in [4.69, 9.17) is 0 Å². The first-order chi connectivity index (χ1) is 5.74. The van der Waals surface area contributed by atoms with Crippen LogP contribution in [0.15, 0.2) is 15.9 Å². The lowest BCUT2D eigenvalue weighted by Gasteiger charge is -1.84. The van der Waals surface area contributed by atoms with Crippen LogP contribution in [0.5, 0.6) is 0 Å². The van der Waals surface area contributed by atoms with Crippen LogP contribution in [0.3, 0.4) is 0 Å². The van der Waals surface area contributed by atoms with Gasteiger partial charge in [-0.05, 0) is 33.3 Å². The van der Waals surface area contributed by atoms with Crippen molar-refractivity contribution in [2.24, 2.45) is 0 Å².